The van der Waals surface area contributed by atoms with E-state index in [0.717, 1.165) is 25.0 Å². The van der Waals surface area contributed by atoms with Gasteiger partial charge in [0.1, 0.15) is 0 Å². The number of alkyl halides is 3. The van der Waals surface area contributed by atoms with Crippen LogP contribution in [0.3, 0.4) is 0 Å². The minimum Gasteiger partial charge on any atom is -0.339 e. The lowest BCUT2D eigenvalue weighted by Gasteiger charge is -2.06. The Morgan fingerprint density at radius 2 is 2.14 bits per heavy atom. The SMILES string of the molecule is O=c1[nH]nc(SCCCc2nc(-c3cccc(C(F)(F)F)c3)no2)n1C1CC1. The van der Waals surface area contributed by atoms with Gasteiger partial charge in [-0.1, -0.05) is 29.1 Å². The molecule has 1 aromatic carbocycles. The molecule has 1 saturated carbocycles. The zero-order valence-electron chi connectivity index (χ0n) is 14.6. The number of benzene rings is 1. The molecule has 0 bridgehead atoms. The monoisotopic (exact) mass is 411 g/mol. The van der Waals surface area contributed by atoms with Crippen LogP contribution < -0.4 is 5.69 Å². The van der Waals surface area contributed by atoms with Gasteiger partial charge in [-0.3, -0.25) is 4.57 Å². The van der Waals surface area contributed by atoms with E-state index >= 15 is 0 Å². The van der Waals surface area contributed by atoms with Crippen molar-refractivity contribution < 1.29 is 17.7 Å². The third-order valence-electron chi connectivity index (χ3n) is 4.27. The van der Waals surface area contributed by atoms with E-state index in [1.54, 1.807) is 4.57 Å². The smallest absolute Gasteiger partial charge is 0.339 e. The third kappa shape index (κ3) is 4.13. The van der Waals surface area contributed by atoms with Gasteiger partial charge in [0.25, 0.3) is 0 Å². The molecule has 0 unspecified atom stereocenters. The summed E-state index contributed by atoms with van der Waals surface area (Å²) in [4.78, 5) is 15.9. The fraction of sp³-hybridized carbons (Fsp3) is 0.412. The molecule has 0 spiro atoms. The maximum absolute atomic E-state index is 12.8. The lowest BCUT2D eigenvalue weighted by molar-refractivity contribution is -0.137. The van der Waals surface area contributed by atoms with Crippen LogP contribution in [0, 0.1) is 0 Å². The molecular weight excluding hydrogens is 395 g/mol. The molecular formula is C17H16F3N5O2S. The van der Waals surface area contributed by atoms with Crippen molar-refractivity contribution in [2.75, 3.05) is 5.75 Å². The quantitative estimate of drug-likeness (QED) is 0.471. The van der Waals surface area contributed by atoms with E-state index in [9.17, 15) is 18.0 Å². The Balaban J connectivity index is 1.34. The summed E-state index contributed by atoms with van der Waals surface area (Å²) in [6.45, 7) is 0. The Hall–Kier alpha value is -2.56. The van der Waals surface area contributed by atoms with E-state index in [2.05, 4.69) is 20.3 Å². The fourth-order valence-electron chi connectivity index (χ4n) is 2.74. The molecule has 7 nitrogen and oxygen atoms in total. The van der Waals surface area contributed by atoms with Crippen LogP contribution in [0.4, 0.5) is 13.2 Å². The highest BCUT2D eigenvalue weighted by atomic mass is 32.2. The fourth-order valence-corrected chi connectivity index (χ4v) is 3.69. The van der Waals surface area contributed by atoms with Crippen LogP contribution in [-0.2, 0) is 12.6 Å². The number of nitrogens with one attached hydrogen (secondary N) is 1. The highest BCUT2D eigenvalue weighted by Crippen LogP contribution is 2.36. The minimum absolute atomic E-state index is 0.128. The second-order valence-corrected chi connectivity index (χ2v) is 7.52. The van der Waals surface area contributed by atoms with Crippen molar-refractivity contribution in [1.82, 2.24) is 24.9 Å². The number of nitrogens with zero attached hydrogens (tertiary/aromatic N) is 4. The number of rotatable bonds is 7. The van der Waals surface area contributed by atoms with E-state index in [1.807, 2.05) is 0 Å². The summed E-state index contributed by atoms with van der Waals surface area (Å²) in [5, 5.41) is 10.9. The predicted molar refractivity (Wildman–Crippen MR) is 94.9 cm³/mol. The van der Waals surface area contributed by atoms with E-state index < -0.39 is 11.7 Å². The zero-order chi connectivity index (χ0) is 19.7. The maximum Gasteiger partial charge on any atom is 0.416 e. The van der Waals surface area contributed by atoms with Crippen molar-refractivity contribution in [1.29, 1.82) is 0 Å². The van der Waals surface area contributed by atoms with Gasteiger partial charge in [0, 0.05) is 23.8 Å². The van der Waals surface area contributed by atoms with Crippen LogP contribution in [0.15, 0.2) is 38.7 Å². The Labute approximate surface area is 161 Å². The van der Waals surface area contributed by atoms with Gasteiger partial charge >= 0.3 is 11.9 Å². The maximum atomic E-state index is 12.8. The van der Waals surface area contributed by atoms with Crippen molar-refractivity contribution in [3.05, 3.63) is 46.2 Å². The van der Waals surface area contributed by atoms with Crippen LogP contribution in [0.1, 0.15) is 36.8 Å². The first-order chi connectivity index (χ1) is 13.4. The largest absolute Gasteiger partial charge is 0.416 e. The predicted octanol–water partition coefficient (Wildman–Crippen LogP) is 3.70. The molecule has 1 fully saturated rings. The van der Waals surface area contributed by atoms with Gasteiger partial charge in [0.05, 0.1) is 5.56 Å². The summed E-state index contributed by atoms with van der Waals surface area (Å²) in [7, 11) is 0. The molecule has 0 aliphatic heterocycles. The summed E-state index contributed by atoms with van der Waals surface area (Å²) in [6.07, 6.45) is -1.26. The second-order valence-electron chi connectivity index (χ2n) is 6.45. The number of hydrogen-bond acceptors (Lipinski definition) is 6. The molecule has 4 rings (SSSR count). The summed E-state index contributed by atoms with van der Waals surface area (Å²) in [5.74, 6) is 1.18. The number of thioether (sulfide) groups is 1. The number of aromatic nitrogens is 5. The Kier molecular flexibility index (Phi) is 5.00. The average molecular weight is 411 g/mol. The molecule has 1 aliphatic carbocycles. The van der Waals surface area contributed by atoms with Crippen molar-refractivity contribution in [3.8, 4) is 11.4 Å². The second kappa shape index (κ2) is 7.46. The standard InChI is InChI=1S/C17H16F3N5O2S/c18-17(19,20)11-4-1-3-10(9-11)14-21-13(27-24-14)5-2-8-28-16-23-22-15(26)25(16)12-6-7-12/h1,3-4,9,12H,2,5-8H2,(H,22,26). The minimum atomic E-state index is -4.42. The van der Waals surface area contributed by atoms with E-state index in [0.29, 0.717) is 29.6 Å². The van der Waals surface area contributed by atoms with Crippen molar-refractivity contribution in [2.45, 2.75) is 43.1 Å². The number of halogens is 3. The van der Waals surface area contributed by atoms with Gasteiger partial charge in [-0.2, -0.15) is 18.2 Å². The molecule has 3 aromatic rings. The summed E-state index contributed by atoms with van der Waals surface area (Å²) in [6, 6.07) is 5.07. The van der Waals surface area contributed by atoms with Crippen LogP contribution in [0.25, 0.3) is 11.4 Å². The first kappa shape index (κ1) is 18.8. The molecule has 0 radical (unpaired) electrons. The Morgan fingerprint density at radius 1 is 1.32 bits per heavy atom. The summed E-state index contributed by atoms with van der Waals surface area (Å²) in [5.41, 5.74) is -0.690. The normalized spacial score (nSPS) is 14.5. The highest BCUT2D eigenvalue weighted by molar-refractivity contribution is 7.99. The van der Waals surface area contributed by atoms with Gasteiger partial charge in [0.15, 0.2) is 5.16 Å². The first-order valence-corrected chi connectivity index (χ1v) is 9.70. The zero-order valence-corrected chi connectivity index (χ0v) is 15.4. The summed E-state index contributed by atoms with van der Waals surface area (Å²) >= 11 is 1.47. The topological polar surface area (TPSA) is 89.6 Å². The number of hydrogen-bond donors (Lipinski definition) is 1. The molecule has 0 atom stereocenters. The molecule has 28 heavy (non-hydrogen) atoms. The molecule has 2 heterocycles. The van der Waals surface area contributed by atoms with E-state index in [1.165, 1.54) is 23.9 Å². The van der Waals surface area contributed by atoms with Crippen LogP contribution in [0.2, 0.25) is 0 Å². The first-order valence-electron chi connectivity index (χ1n) is 8.72. The van der Waals surface area contributed by atoms with Crippen LogP contribution in [-0.4, -0.2) is 30.7 Å². The number of H-pyrrole nitrogens is 1. The number of aromatic amines is 1. The van der Waals surface area contributed by atoms with Crippen LogP contribution in [0.5, 0.6) is 0 Å². The summed E-state index contributed by atoms with van der Waals surface area (Å²) < 4.78 is 45.3. The van der Waals surface area contributed by atoms with E-state index in [4.69, 9.17) is 4.52 Å². The average Bonchev–Trinajstić information content (AvgIpc) is 3.26. The molecule has 11 heteroatoms. The van der Waals surface area contributed by atoms with Crippen LogP contribution >= 0.6 is 11.8 Å². The van der Waals surface area contributed by atoms with Gasteiger partial charge in [-0.15, -0.1) is 5.10 Å². The number of aryl methyl sites for hydroxylation is 1. The van der Waals surface area contributed by atoms with Crippen molar-refractivity contribution >= 4 is 11.8 Å². The van der Waals surface area contributed by atoms with Gasteiger partial charge in [0.2, 0.25) is 11.7 Å². The highest BCUT2D eigenvalue weighted by Gasteiger charge is 2.31. The van der Waals surface area contributed by atoms with Gasteiger partial charge < -0.3 is 4.52 Å². The lowest BCUT2D eigenvalue weighted by Crippen LogP contribution is -2.16. The molecule has 2 aromatic heterocycles. The Bertz CT molecular complexity index is 1020. The molecule has 1 aliphatic rings. The molecule has 148 valence electrons. The van der Waals surface area contributed by atoms with E-state index in [-0.39, 0.29) is 23.1 Å². The van der Waals surface area contributed by atoms with Gasteiger partial charge in [-0.05, 0) is 31.4 Å². The van der Waals surface area contributed by atoms with Crippen molar-refractivity contribution in [2.24, 2.45) is 0 Å². The third-order valence-corrected chi connectivity index (χ3v) is 5.31. The lowest BCUT2D eigenvalue weighted by atomic mass is 10.1. The molecule has 0 amide bonds. The Morgan fingerprint density at radius 3 is 2.89 bits per heavy atom. The molecule has 1 N–H and O–H groups in total. The van der Waals surface area contributed by atoms with Crippen molar-refractivity contribution in [3.63, 3.8) is 0 Å². The molecule has 0 saturated heterocycles. The van der Waals surface area contributed by atoms with Gasteiger partial charge in [-0.25, -0.2) is 9.89 Å².